The number of quaternary nitrogens is 1. The van der Waals surface area contributed by atoms with E-state index in [-0.39, 0.29) is 6.04 Å². The molecule has 1 saturated heterocycles. The molecule has 2 aromatic rings. The van der Waals surface area contributed by atoms with Crippen LogP contribution in [0, 0.1) is 0 Å². The van der Waals surface area contributed by atoms with Crippen LogP contribution in [0.3, 0.4) is 0 Å². The van der Waals surface area contributed by atoms with E-state index in [1.165, 1.54) is 59.6 Å². The number of carbonyl (C=O) groups excluding carboxylic acids is 1. The summed E-state index contributed by atoms with van der Waals surface area (Å²) >= 11 is 1.84. The molecule has 0 spiro atoms. The maximum Gasteiger partial charge on any atom is 0.280 e. The fourth-order valence-corrected chi connectivity index (χ4v) is 6.00. The van der Waals surface area contributed by atoms with Crippen LogP contribution in [-0.2, 0) is 4.79 Å². The van der Waals surface area contributed by atoms with Crippen molar-refractivity contribution >= 4 is 27.5 Å². The molecule has 1 aliphatic heterocycles. The number of carbonyl (C=O) groups is 1. The summed E-state index contributed by atoms with van der Waals surface area (Å²) in [5, 5.41) is 1.26. The number of fused-ring (bicyclic) bond motifs is 1. The molecule has 2 heterocycles. The van der Waals surface area contributed by atoms with Crippen LogP contribution in [0.15, 0.2) is 24.3 Å². The summed E-state index contributed by atoms with van der Waals surface area (Å²) in [6.45, 7) is 4.27. The van der Waals surface area contributed by atoms with E-state index >= 15 is 0 Å². The van der Waals surface area contributed by atoms with Crippen molar-refractivity contribution in [2.24, 2.45) is 0 Å². The van der Waals surface area contributed by atoms with Gasteiger partial charge < -0.3 is 9.80 Å². The summed E-state index contributed by atoms with van der Waals surface area (Å²) in [6, 6.07) is 8.92. The van der Waals surface area contributed by atoms with E-state index in [2.05, 4.69) is 36.1 Å². The van der Waals surface area contributed by atoms with Crippen LogP contribution in [0.5, 0.6) is 0 Å². The smallest absolute Gasteiger partial charge is 0.280 e. The highest BCUT2D eigenvalue weighted by molar-refractivity contribution is 7.18. The summed E-state index contributed by atoms with van der Waals surface area (Å²) in [4.78, 5) is 21.5. The van der Waals surface area contributed by atoms with E-state index in [0.29, 0.717) is 17.9 Å². The highest BCUT2D eigenvalue weighted by Gasteiger charge is 2.35. The third-order valence-corrected chi connectivity index (χ3v) is 7.87. The van der Waals surface area contributed by atoms with Gasteiger partial charge in [0.25, 0.3) is 5.91 Å². The number of nitrogens with zero attached hydrogens (tertiary/aromatic N) is 2. The van der Waals surface area contributed by atoms with E-state index in [9.17, 15) is 4.79 Å². The third kappa shape index (κ3) is 4.04. The van der Waals surface area contributed by atoms with Crippen molar-refractivity contribution in [3.8, 4) is 0 Å². The van der Waals surface area contributed by atoms with Crippen LogP contribution in [0.25, 0.3) is 10.2 Å². The summed E-state index contributed by atoms with van der Waals surface area (Å²) in [7, 11) is 2.03. The molecule has 0 radical (unpaired) electrons. The van der Waals surface area contributed by atoms with Gasteiger partial charge in [-0.2, -0.15) is 0 Å². The number of nitrogens with one attached hydrogen (secondary N) is 1. The number of likely N-dealkylation sites (N-methyl/N-ethyl adjacent to an activating group) is 1. The van der Waals surface area contributed by atoms with Gasteiger partial charge in [0.05, 0.1) is 29.2 Å². The molecule has 1 aromatic carbocycles. The third-order valence-electron chi connectivity index (χ3n) is 6.67. The summed E-state index contributed by atoms with van der Waals surface area (Å²) < 4.78 is 1.28. The number of rotatable bonds is 4. The number of para-hydroxylation sites is 1. The molecule has 1 amide bonds. The van der Waals surface area contributed by atoms with Gasteiger partial charge in [-0.1, -0.05) is 31.4 Å². The highest BCUT2D eigenvalue weighted by atomic mass is 32.1. The van der Waals surface area contributed by atoms with Gasteiger partial charge in [-0.3, -0.25) is 4.79 Å². The van der Waals surface area contributed by atoms with Crippen molar-refractivity contribution in [2.75, 3.05) is 20.1 Å². The second-order valence-corrected chi connectivity index (χ2v) is 9.50. The number of likely N-dealkylation sites (tertiary alicyclic amines) is 1. The molecule has 1 aromatic heterocycles. The minimum Gasteiger partial charge on any atom is -0.338 e. The Hall–Kier alpha value is -1.46. The van der Waals surface area contributed by atoms with Gasteiger partial charge in [-0.05, 0) is 44.7 Å². The number of piperidine rings is 1. The fraction of sp³-hybridized carbons (Fsp3) is 0.636. The fourth-order valence-electron chi connectivity index (χ4n) is 4.89. The standard InChI is InChI=1S/C22H31N3OS/c1-16(22(26)24(2)18-10-4-3-5-11-18)25-14-8-9-17(15-25)21-23-19-12-6-7-13-20(19)27-21/h6-7,12-13,16-18H,3-5,8-11,14-15H2,1-2H3/p+1/t16-,17+/m1/s1. The molecule has 4 nitrogen and oxygen atoms in total. The molecule has 146 valence electrons. The first-order valence-corrected chi connectivity index (χ1v) is 11.4. The van der Waals surface area contributed by atoms with Crippen molar-refractivity contribution < 1.29 is 9.69 Å². The van der Waals surface area contributed by atoms with E-state index in [4.69, 9.17) is 4.98 Å². The van der Waals surface area contributed by atoms with Crippen molar-refractivity contribution in [3.05, 3.63) is 29.3 Å². The molecule has 3 atom stereocenters. The van der Waals surface area contributed by atoms with Crippen molar-refractivity contribution in [3.63, 3.8) is 0 Å². The minimum absolute atomic E-state index is 0.0501. The number of aromatic nitrogens is 1. The highest BCUT2D eigenvalue weighted by Crippen LogP contribution is 2.30. The lowest BCUT2D eigenvalue weighted by Crippen LogP contribution is -3.17. The topological polar surface area (TPSA) is 37.6 Å². The molecule has 1 saturated carbocycles. The molecule has 1 aliphatic carbocycles. The Kier molecular flexibility index (Phi) is 5.79. The molecule has 2 fully saturated rings. The Bertz CT molecular complexity index is 750. The average Bonchev–Trinajstić information content (AvgIpc) is 3.17. The van der Waals surface area contributed by atoms with E-state index < -0.39 is 0 Å². The van der Waals surface area contributed by atoms with E-state index in [0.717, 1.165) is 18.6 Å². The van der Waals surface area contributed by atoms with Gasteiger partial charge in [-0.25, -0.2) is 4.98 Å². The van der Waals surface area contributed by atoms with Gasteiger partial charge in [0, 0.05) is 13.1 Å². The Labute approximate surface area is 166 Å². The quantitative estimate of drug-likeness (QED) is 0.876. The number of benzene rings is 1. The second-order valence-electron chi connectivity index (χ2n) is 8.43. The predicted molar refractivity (Wildman–Crippen MR) is 111 cm³/mol. The van der Waals surface area contributed by atoms with Gasteiger partial charge in [0.1, 0.15) is 5.01 Å². The molecule has 27 heavy (non-hydrogen) atoms. The first-order chi connectivity index (χ1) is 13.1. The Balaban J connectivity index is 1.43. The molecule has 2 aliphatic rings. The van der Waals surface area contributed by atoms with Crippen molar-refractivity contribution in [1.82, 2.24) is 9.88 Å². The first kappa shape index (κ1) is 18.9. The lowest BCUT2D eigenvalue weighted by molar-refractivity contribution is -0.920. The molecule has 4 rings (SSSR count). The van der Waals surface area contributed by atoms with Crippen LogP contribution in [0.4, 0.5) is 0 Å². The summed E-state index contributed by atoms with van der Waals surface area (Å²) in [5.74, 6) is 0.822. The van der Waals surface area contributed by atoms with E-state index in [1.807, 2.05) is 18.4 Å². The molecule has 5 heteroatoms. The lowest BCUT2D eigenvalue weighted by Gasteiger charge is -2.37. The number of hydrogen-bond acceptors (Lipinski definition) is 3. The van der Waals surface area contributed by atoms with Gasteiger partial charge in [0.2, 0.25) is 0 Å². The zero-order chi connectivity index (χ0) is 18.8. The summed E-state index contributed by atoms with van der Waals surface area (Å²) in [6.07, 6.45) is 8.61. The van der Waals surface area contributed by atoms with Crippen molar-refractivity contribution in [1.29, 1.82) is 0 Å². The summed E-state index contributed by atoms with van der Waals surface area (Å²) in [5.41, 5.74) is 1.12. The Morgan fingerprint density at radius 1 is 1.19 bits per heavy atom. The Morgan fingerprint density at radius 2 is 1.96 bits per heavy atom. The number of thiazole rings is 1. The minimum atomic E-state index is 0.0501. The SMILES string of the molecule is C[C@H](C(=O)N(C)C1CCCCC1)[NH+]1CCC[C@H](c2nc3ccccc3s2)C1. The lowest BCUT2D eigenvalue weighted by atomic mass is 9.93. The zero-order valence-corrected chi connectivity index (χ0v) is 17.4. The molecule has 1 N–H and O–H groups in total. The second kappa shape index (κ2) is 8.27. The van der Waals surface area contributed by atoms with Crippen LogP contribution in [-0.4, -0.2) is 48.0 Å². The molecular weight excluding hydrogens is 354 g/mol. The molecular formula is C22H32N3OS+. The number of amides is 1. The normalized spacial score (nSPS) is 25.4. The first-order valence-electron chi connectivity index (χ1n) is 10.6. The molecule has 0 bridgehead atoms. The monoisotopic (exact) mass is 386 g/mol. The van der Waals surface area contributed by atoms with Crippen molar-refractivity contribution in [2.45, 2.75) is 69.9 Å². The largest absolute Gasteiger partial charge is 0.338 e. The van der Waals surface area contributed by atoms with Crippen LogP contribution >= 0.6 is 11.3 Å². The predicted octanol–water partition coefficient (Wildman–Crippen LogP) is 3.24. The van der Waals surface area contributed by atoms with Crippen LogP contribution < -0.4 is 4.90 Å². The average molecular weight is 387 g/mol. The zero-order valence-electron chi connectivity index (χ0n) is 16.6. The van der Waals surface area contributed by atoms with Crippen LogP contribution in [0.1, 0.15) is 62.8 Å². The Morgan fingerprint density at radius 3 is 2.74 bits per heavy atom. The van der Waals surface area contributed by atoms with E-state index in [1.54, 1.807) is 0 Å². The van der Waals surface area contributed by atoms with Gasteiger partial charge >= 0.3 is 0 Å². The maximum absolute atomic E-state index is 13.1. The van der Waals surface area contributed by atoms with Crippen LogP contribution in [0.2, 0.25) is 0 Å². The maximum atomic E-state index is 13.1. The molecule has 1 unspecified atom stereocenters. The number of hydrogen-bond donors (Lipinski definition) is 1. The van der Waals surface area contributed by atoms with Gasteiger partial charge in [0.15, 0.2) is 6.04 Å². The van der Waals surface area contributed by atoms with Gasteiger partial charge in [-0.15, -0.1) is 11.3 Å².